The molecule has 0 saturated carbocycles. The molecular formula is C19H19N3O6. The van der Waals surface area contributed by atoms with Gasteiger partial charge in [0.25, 0.3) is 11.6 Å². The highest BCUT2D eigenvalue weighted by atomic mass is 16.6. The first-order valence-electron chi connectivity index (χ1n) is 8.47. The Morgan fingerprint density at radius 2 is 2.00 bits per heavy atom. The number of amides is 1. The standard InChI is InChI=1S/C19H19N3O6/c1-12(28-14-8-6-13(7-9-14)22(24)25)19(23)21-20-16-10-11-27-18-15(16)4-3-5-17(18)26-2/h3-10,12,20H,11H2,1-2H3,(H,21,23)/t12-/m0/s1. The van der Waals surface area contributed by atoms with Gasteiger partial charge in [0.1, 0.15) is 12.4 Å². The van der Waals surface area contributed by atoms with Crippen LogP contribution in [0.1, 0.15) is 12.5 Å². The van der Waals surface area contributed by atoms with E-state index in [9.17, 15) is 14.9 Å². The highest BCUT2D eigenvalue weighted by Gasteiger charge is 2.20. The minimum absolute atomic E-state index is 0.0494. The highest BCUT2D eigenvalue weighted by molar-refractivity contribution is 5.82. The van der Waals surface area contributed by atoms with Crippen LogP contribution in [0, 0.1) is 10.1 Å². The molecular weight excluding hydrogens is 366 g/mol. The summed E-state index contributed by atoms with van der Waals surface area (Å²) in [5.74, 6) is 1.15. The molecule has 0 saturated heterocycles. The van der Waals surface area contributed by atoms with Crippen molar-refractivity contribution in [1.82, 2.24) is 10.9 Å². The zero-order valence-electron chi connectivity index (χ0n) is 15.3. The van der Waals surface area contributed by atoms with Crippen LogP contribution in [-0.2, 0) is 4.79 Å². The van der Waals surface area contributed by atoms with E-state index in [1.165, 1.54) is 24.3 Å². The van der Waals surface area contributed by atoms with Crippen LogP contribution >= 0.6 is 0 Å². The summed E-state index contributed by atoms with van der Waals surface area (Å²) in [5.41, 5.74) is 6.86. The normalized spacial score (nSPS) is 13.3. The fourth-order valence-corrected chi connectivity index (χ4v) is 2.61. The number of nitro groups is 1. The maximum atomic E-state index is 12.3. The van der Waals surface area contributed by atoms with Crippen molar-refractivity contribution < 1.29 is 23.9 Å². The van der Waals surface area contributed by atoms with Crippen molar-refractivity contribution in [1.29, 1.82) is 0 Å². The number of para-hydroxylation sites is 1. The second-order valence-electron chi connectivity index (χ2n) is 5.89. The van der Waals surface area contributed by atoms with E-state index in [-0.39, 0.29) is 5.69 Å². The molecule has 2 N–H and O–H groups in total. The van der Waals surface area contributed by atoms with Crippen LogP contribution in [0.4, 0.5) is 5.69 Å². The largest absolute Gasteiger partial charge is 0.493 e. The van der Waals surface area contributed by atoms with Gasteiger partial charge in [0.05, 0.1) is 17.7 Å². The van der Waals surface area contributed by atoms with Gasteiger partial charge in [-0.3, -0.25) is 25.8 Å². The molecule has 9 heteroatoms. The average Bonchev–Trinajstić information content (AvgIpc) is 2.71. The molecule has 0 aliphatic carbocycles. The van der Waals surface area contributed by atoms with E-state index in [0.717, 1.165) is 5.56 Å². The lowest BCUT2D eigenvalue weighted by molar-refractivity contribution is -0.384. The second kappa shape index (κ2) is 8.30. The summed E-state index contributed by atoms with van der Waals surface area (Å²) in [7, 11) is 1.56. The number of methoxy groups -OCH3 is 1. The Balaban J connectivity index is 1.60. The van der Waals surface area contributed by atoms with Crippen molar-refractivity contribution in [3.05, 3.63) is 64.2 Å². The van der Waals surface area contributed by atoms with Crippen LogP contribution < -0.4 is 25.1 Å². The molecule has 0 bridgehead atoms. The van der Waals surface area contributed by atoms with Gasteiger partial charge in [-0.1, -0.05) is 6.07 Å². The third-order valence-corrected chi connectivity index (χ3v) is 4.05. The summed E-state index contributed by atoms with van der Waals surface area (Å²) in [5, 5.41) is 10.7. The number of benzene rings is 2. The molecule has 0 unspecified atom stereocenters. The van der Waals surface area contributed by atoms with Gasteiger partial charge in [0, 0.05) is 17.7 Å². The lowest BCUT2D eigenvalue weighted by Gasteiger charge is -2.22. The summed E-state index contributed by atoms with van der Waals surface area (Å²) in [6.45, 7) is 1.91. The molecule has 1 heterocycles. The van der Waals surface area contributed by atoms with E-state index < -0.39 is 16.9 Å². The summed E-state index contributed by atoms with van der Waals surface area (Å²) >= 11 is 0. The first kappa shape index (κ1) is 19.0. The lowest BCUT2D eigenvalue weighted by atomic mass is 10.1. The Morgan fingerprint density at radius 1 is 1.25 bits per heavy atom. The maximum absolute atomic E-state index is 12.3. The number of nitrogens with one attached hydrogen (secondary N) is 2. The number of hydrazine groups is 1. The van der Waals surface area contributed by atoms with Crippen molar-refractivity contribution in [3.63, 3.8) is 0 Å². The Labute approximate surface area is 161 Å². The van der Waals surface area contributed by atoms with Gasteiger partial charge in [0.2, 0.25) is 0 Å². The molecule has 0 fully saturated rings. The van der Waals surface area contributed by atoms with Crippen molar-refractivity contribution in [3.8, 4) is 17.2 Å². The van der Waals surface area contributed by atoms with Crippen LogP contribution in [0.5, 0.6) is 17.2 Å². The fraction of sp³-hybridized carbons (Fsp3) is 0.211. The molecule has 0 radical (unpaired) electrons. The third kappa shape index (κ3) is 4.14. The summed E-state index contributed by atoms with van der Waals surface area (Å²) in [4.78, 5) is 22.5. The van der Waals surface area contributed by atoms with Crippen molar-refractivity contribution >= 4 is 17.3 Å². The van der Waals surface area contributed by atoms with Gasteiger partial charge in [0.15, 0.2) is 17.6 Å². The molecule has 1 aliphatic rings. The minimum atomic E-state index is -0.820. The Kier molecular flexibility index (Phi) is 5.64. The molecule has 2 aromatic carbocycles. The molecule has 0 spiro atoms. The molecule has 2 aromatic rings. The van der Waals surface area contributed by atoms with Crippen LogP contribution in [0.25, 0.3) is 5.70 Å². The lowest BCUT2D eigenvalue weighted by Crippen LogP contribution is -2.44. The van der Waals surface area contributed by atoms with E-state index in [2.05, 4.69) is 10.9 Å². The second-order valence-corrected chi connectivity index (χ2v) is 5.89. The predicted octanol–water partition coefficient (Wildman–Crippen LogP) is 2.42. The zero-order valence-corrected chi connectivity index (χ0v) is 15.3. The zero-order chi connectivity index (χ0) is 20.1. The van der Waals surface area contributed by atoms with Crippen LogP contribution in [0.3, 0.4) is 0 Å². The smallest absolute Gasteiger partial charge is 0.279 e. The third-order valence-electron chi connectivity index (χ3n) is 4.05. The number of hydrogen-bond donors (Lipinski definition) is 2. The number of nitro benzene ring substituents is 1. The summed E-state index contributed by atoms with van der Waals surface area (Å²) in [6, 6.07) is 11.0. The number of fused-ring (bicyclic) bond motifs is 1. The quantitative estimate of drug-likeness (QED) is 0.556. The fourth-order valence-electron chi connectivity index (χ4n) is 2.61. The number of carbonyl (C=O) groups excluding carboxylic acids is 1. The van der Waals surface area contributed by atoms with E-state index >= 15 is 0 Å². The van der Waals surface area contributed by atoms with Crippen molar-refractivity contribution in [2.45, 2.75) is 13.0 Å². The van der Waals surface area contributed by atoms with Gasteiger partial charge in [-0.2, -0.15) is 0 Å². The van der Waals surface area contributed by atoms with Gasteiger partial charge in [-0.25, -0.2) is 0 Å². The molecule has 0 aromatic heterocycles. The van der Waals surface area contributed by atoms with Gasteiger partial charge < -0.3 is 14.2 Å². The number of ether oxygens (including phenoxy) is 3. The van der Waals surface area contributed by atoms with Crippen LogP contribution in [-0.4, -0.2) is 30.7 Å². The van der Waals surface area contributed by atoms with Crippen LogP contribution in [0.15, 0.2) is 48.5 Å². The van der Waals surface area contributed by atoms with Crippen molar-refractivity contribution in [2.24, 2.45) is 0 Å². The summed E-state index contributed by atoms with van der Waals surface area (Å²) < 4.78 is 16.4. The monoisotopic (exact) mass is 385 g/mol. The molecule has 3 rings (SSSR count). The molecule has 9 nitrogen and oxygen atoms in total. The molecule has 146 valence electrons. The first-order valence-corrected chi connectivity index (χ1v) is 8.47. The number of carbonyl (C=O) groups is 1. The predicted molar refractivity (Wildman–Crippen MR) is 101 cm³/mol. The van der Waals surface area contributed by atoms with E-state index in [1.54, 1.807) is 26.2 Å². The summed E-state index contributed by atoms with van der Waals surface area (Å²) in [6.07, 6.45) is 0.975. The Morgan fingerprint density at radius 3 is 2.68 bits per heavy atom. The SMILES string of the molecule is COc1cccc2c1OCC=C2NNC(=O)[C@H](C)Oc1ccc([N+](=O)[O-])cc1. The molecule has 1 amide bonds. The van der Waals surface area contributed by atoms with E-state index in [4.69, 9.17) is 14.2 Å². The Hall–Kier alpha value is -3.75. The van der Waals surface area contributed by atoms with E-state index in [1.807, 2.05) is 12.1 Å². The number of nitrogens with zero attached hydrogens (tertiary/aromatic N) is 1. The minimum Gasteiger partial charge on any atom is -0.493 e. The topological polar surface area (TPSA) is 112 Å². The van der Waals surface area contributed by atoms with Gasteiger partial charge in [-0.15, -0.1) is 0 Å². The van der Waals surface area contributed by atoms with Crippen LogP contribution in [0.2, 0.25) is 0 Å². The first-order chi connectivity index (χ1) is 13.5. The average molecular weight is 385 g/mol. The van der Waals surface area contributed by atoms with Crippen molar-refractivity contribution in [2.75, 3.05) is 13.7 Å². The Bertz CT molecular complexity index is 910. The number of rotatable bonds is 7. The van der Waals surface area contributed by atoms with Gasteiger partial charge >= 0.3 is 0 Å². The maximum Gasteiger partial charge on any atom is 0.279 e. The van der Waals surface area contributed by atoms with E-state index in [0.29, 0.717) is 29.6 Å². The molecule has 1 atom stereocenters. The van der Waals surface area contributed by atoms with Gasteiger partial charge in [-0.05, 0) is 37.3 Å². The highest BCUT2D eigenvalue weighted by Crippen LogP contribution is 2.36. The molecule has 28 heavy (non-hydrogen) atoms. The number of non-ortho nitro benzene ring substituents is 1. The molecule has 1 aliphatic heterocycles. The number of hydrogen-bond acceptors (Lipinski definition) is 7.